The van der Waals surface area contributed by atoms with Crippen molar-refractivity contribution in [3.8, 4) is 34.1 Å². The van der Waals surface area contributed by atoms with Crippen molar-refractivity contribution in [2.75, 3.05) is 28.4 Å². The van der Waals surface area contributed by atoms with Crippen LogP contribution in [0.5, 0.6) is 23.0 Å². The first-order valence-corrected chi connectivity index (χ1v) is 8.87. The van der Waals surface area contributed by atoms with E-state index in [1.165, 1.54) is 0 Å². The highest BCUT2D eigenvalue weighted by Gasteiger charge is 2.17. The molecule has 0 N–H and O–H groups in total. The number of hydrogen-bond donors (Lipinski definition) is 0. The first-order chi connectivity index (χ1) is 13.7. The van der Waals surface area contributed by atoms with Gasteiger partial charge in [0.15, 0.2) is 23.0 Å². The summed E-state index contributed by atoms with van der Waals surface area (Å²) in [7, 11) is 6.51. The molecular weight excluding hydrogens is 354 g/mol. The van der Waals surface area contributed by atoms with Crippen molar-refractivity contribution >= 4 is 21.8 Å². The molecule has 3 aromatic carbocycles. The first-order valence-electron chi connectivity index (χ1n) is 8.87. The molecule has 0 radical (unpaired) electrons. The van der Waals surface area contributed by atoms with Crippen molar-refractivity contribution in [2.45, 2.75) is 0 Å². The number of pyridine rings is 1. The maximum atomic E-state index is 5.53. The second kappa shape index (κ2) is 7.27. The smallest absolute Gasteiger partial charge is 0.162 e. The van der Waals surface area contributed by atoms with Crippen molar-refractivity contribution in [3.05, 3.63) is 54.6 Å². The molecule has 0 amide bonds. The zero-order valence-electron chi connectivity index (χ0n) is 16.3. The molecule has 0 saturated heterocycles. The van der Waals surface area contributed by atoms with Gasteiger partial charge >= 0.3 is 0 Å². The second-order valence-electron chi connectivity index (χ2n) is 6.30. The normalized spacial score (nSPS) is 10.9. The van der Waals surface area contributed by atoms with Crippen LogP contribution >= 0.6 is 0 Å². The van der Waals surface area contributed by atoms with Crippen LogP contribution in [-0.2, 0) is 0 Å². The minimum atomic E-state index is 0.640. The van der Waals surface area contributed by atoms with Gasteiger partial charge in [0, 0.05) is 28.5 Å². The average Bonchev–Trinajstić information content (AvgIpc) is 2.76. The lowest BCUT2D eigenvalue weighted by atomic mass is 9.95. The predicted octanol–water partition coefficient (Wildman–Crippen LogP) is 5.09. The summed E-state index contributed by atoms with van der Waals surface area (Å²) in [5.41, 5.74) is 3.77. The fourth-order valence-electron chi connectivity index (χ4n) is 3.51. The van der Waals surface area contributed by atoms with Crippen molar-refractivity contribution in [1.29, 1.82) is 0 Å². The van der Waals surface area contributed by atoms with Gasteiger partial charge in [-0.3, -0.25) is 0 Å². The van der Waals surface area contributed by atoms with E-state index < -0.39 is 0 Å². The molecule has 0 atom stereocenters. The molecule has 1 heterocycles. The van der Waals surface area contributed by atoms with E-state index in [0.29, 0.717) is 23.0 Å². The van der Waals surface area contributed by atoms with Crippen LogP contribution in [0.4, 0.5) is 0 Å². The van der Waals surface area contributed by atoms with Gasteiger partial charge in [0.1, 0.15) is 0 Å². The third-order valence-electron chi connectivity index (χ3n) is 4.85. The van der Waals surface area contributed by atoms with Crippen LogP contribution in [0.3, 0.4) is 0 Å². The van der Waals surface area contributed by atoms with Crippen LogP contribution in [-0.4, -0.2) is 33.4 Å². The fraction of sp³-hybridized carbons (Fsp3) is 0.174. The van der Waals surface area contributed by atoms with E-state index in [4.69, 9.17) is 23.9 Å². The second-order valence-corrected chi connectivity index (χ2v) is 6.30. The molecule has 0 spiro atoms. The molecule has 5 nitrogen and oxygen atoms in total. The Morgan fingerprint density at radius 3 is 1.43 bits per heavy atom. The number of aromatic nitrogens is 1. The molecule has 4 aromatic rings. The minimum Gasteiger partial charge on any atom is -0.493 e. The largest absolute Gasteiger partial charge is 0.493 e. The van der Waals surface area contributed by atoms with Crippen LogP contribution in [0, 0.1) is 0 Å². The van der Waals surface area contributed by atoms with Gasteiger partial charge in [0.2, 0.25) is 0 Å². The first kappa shape index (κ1) is 17.9. The SMILES string of the molecule is COc1cc2nc3cc(OC)c(OC)cc3c(-c3ccccc3)c2cc1OC. The Balaban J connectivity index is 2.19. The summed E-state index contributed by atoms with van der Waals surface area (Å²) in [6.07, 6.45) is 0. The number of rotatable bonds is 5. The highest BCUT2D eigenvalue weighted by atomic mass is 16.5. The summed E-state index contributed by atoms with van der Waals surface area (Å²) in [4.78, 5) is 4.86. The van der Waals surface area contributed by atoms with Crippen molar-refractivity contribution in [1.82, 2.24) is 4.98 Å². The standard InChI is InChI=1S/C23H21NO4/c1-25-19-10-15-17(12-21(19)27-3)24-18-13-22(28-4)20(26-2)11-16(18)23(15)14-8-6-5-7-9-14/h5-13H,1-4H3. The quantitative estimate of drug-likeness (QED) is 0.455. The summed E-state index contributed by atoms with van der Waals surface area (Å²) in [5.74, 6) is 2.60. The monoisotopic (exact) mass is 375 g/mol. The molecule has 0 bridgehead atoms. The highest BCUT2D eigenvalue weighted by Crippen LogP contribution is 2.42. The Morgan fingerprint density at radius 1 is 0.571 bits per heavy atom. The summed E-state index contributed by atoms with van der Waals surface area (Å²) in [6.45, 7) is 0. The van der Waals surface area contributed by atoms with Crippen LogP contribution in [0.2, 0.25) is 0 Å². The molecule has 0 aliphatic heterocycles. The third-order valence-corrected chi connectivity index (χ3v) is 4.85. The molecule has 142 valence electrons. The lowest BCUT2D eigenvalue weighted by molar-refractivity contribution is 0.355. The average molecular weight is 375 g/mol. The van der Waals surface area contributed by atoms with E-state index in [1.54, 1.807) is 28.4 Å². The summed E-state index contributed by atoms with van der Waals surface area (Å²) in [5, 5.41) is 1.95. The van der Waals surface area contributed by atoms with Gasteiger partial charge in [-0.15, -0.1) is 0 Å². The van der Waals surface area contributed by atoms with Crippen molar-refractivity contribution in [2.24, 2.45) is 0 Å². The van der Waals surface area contributed by atoms with Crippen LogP contribution in [0.1, 0.15) is 0 Å². The molecule has 5 heteroatoms. The van der Waals surface area contributed by atoms with Crippen LogP contribution in [0.15, 0.2) is 54.6 Å². The van der Waals surface area contributed by atoms with E-state index in [1.807, 2.05) is 42.5 Å². The van der Waals surface area contributed by atoms with Crippen molar-refractivity contribution < 1.29 is 18.9 Å². The number of methoxy groups -OCH3 is 4. The van der Waals surface area contributed by atoms with Crippen LogP contribution in [0.25, 0.3) is 32.9 Å². The maximum absolute atomic E-state index is 5.53. The van der Waals surface area contributed by atoms with Crippen LogP contribution < -0.4 is 18.9 Å². The third kappa shape index (κ3) is 2.85. The molecular formula is C23H21NO4. The van der Waals surface area contributed by atoms with E-state index >= 15 is 0 Å². The molecule has 28 heavy (non-hydrogen) atoms. The Bertz CT molecular complexity index is 1090. The maximum Gasteiger partial charge on any atom is 0.162 e. The fourth-order valence-corrected chi connectivity index (χ4v) is 3.51. The van der Waals surface area contributed by atoms with Gasteiger partial charge in [0.25, 0.3) is 0 Å². The Morgan fingerprint density at radius 2 is 1.00 bits per heavy atom. The zero-order chi connectivity index (χ0) is 19.7. The van der Waals surface area contributed by atoms with Gasteiger partial charge in [-0.25, -0.2) is 4.98 Å². The van der Waals surface area contributed by atoms with E-state index in [2.05, 4.69) is 12.1 Å². The Hall–Kier alpha value is -3.47. The molecule has 4 rings (SSSR count). The summed E-state index contributed by atoms with van der Waals surface area (Å²) in [6, 6.07) is 18.0. The molecule has 0 fully saturated rings. The van der Waals surface area contributed by atoms with E-state index in [9.17, 15) is 0 Å². The molecule has 1 aromatic heterocycles. The highest BCUT2D eigenvalue weighted by molar-refractivity contribution is 6.11. The van der Waals surface area contributed by atoms with Gasteiger partial charge in [-0.2, -0.15) is 0 Å². The molecule has 0 unspecified atom stereocenters. The van der Waals surface area contributed by atoms with Crippen molar-refractivity contribution in [3.63, 3.8) is 0 Å². The Labute approximate surface area is 163 Å². The summed E-state index contributed by atoms with van der Waals surface area (Å²) >= 11 is 0. The number of hydrogen-bond acceptors (Lipinski definition) is 5. The predicted molar refractivity (Wildman–Crippen MR) is 111 cm³/mol. The minimum absolute atomic E-state index is 0.640. The van der Waals surface area contributed by atoms with E-state index in [-0.39, 0.29) is 0 Å². The topological polar surface area (TPSA) is 49.8 Å². The lowest BCUT2D eigenvalue weighted by Crippen LogP contribution is -1.96. The molecule has 0 aliphatic rings. The lowest BCUT2D eigenvalue weighted by Gasteiger charge is -2.16. The van der Waals surface area contributed by atoms with Gasteiger partial charge in [-0.1, -0.05) is 30.3 Å². The number of fused-ring (bicyclic) bond motifs is 2. The molecule has 0 aliphatic carbocycles. The summed E-state index contributed by atoms with van der Waals surface area (Å²) < 4.78 is 22.0. The van der Waals surface area contributed by atoms with E-state index in [0.717, 1.165) is 32.9 Å². The zero-order valence-corrected chi connectivity index (χ0v) is 16.3. The Kier molecular flexibility index (Phi) is 4.65. The number of benzene rings is 3. The number of nitrogens with zero attached hydrogens (tertiary/aromatic N) is 1. The molecule has 0 saturated carbocycles. The number of ether oxygens (including phenoxy) is 4. The van der Waals surface area contributed by atoms with Gasteiger partial charge in [0.05, 0.1) is 39.5 Å². The van der Waals surface area contributed by atoms with Gasteiger partial charge < -0.3 is 18.9 Å². The van der Waals surface area contributed by atoms with Gasteiger partial charge in [-0.05, 0) is 17.7 Å².